The fourth-order valence-corrected chi connectivity index (χ4v) is 3.86. The highest BCUT2D eigenvalue weighted by atomic mass is 35.5. The van der Waals surface area contributed by atoms with Gasteiger partial charge in [0, 0.05) is 28.2 Å². The Bertz CT molecular complexity index is 1300. The Balaban J connectivity index is 1.66. The van der Waals surface area contributed by atoms with Crippen molar-refractivity contribution in [1.82, 2.24) is 0 Å². The fraction of sp³-hybridized carbons (Fsp3) is 0.125. The predicted molar refractivity (Wildman–Crippen MR) is 128 cm³/mol. The molecule has 1 aromatic heterocycles. The van der Waals surface area contributed by atoms with E-state index in [0.717, 1.165) is 16.8 Å². The van der Waals surface area contributed by atoms with Gasteiger partial charge in [-0.25, -0.2) is 0 Å². The number of hydrogen-bond donors (Lipinski definition) is 4. The normalized spacial score (nSPS) is 12.1. The molecule has 4 rings (SSSR count). The first-order valence-electron chi connectivity index (χ1n) is 9.82. The molecule has 0 saturated carbocycles. The van der Waals surface area contributed by atoms with E-state index in [0.29, 0.717) is 16.0 Å². The van der Waals surface area contributed by atoms with E-state index in [1.165, 1.54) is 12.1 Å². The maximum Gasteiger partial charge on any atom is 0.231 e. The summed E-state index contributed by atoms with van der Waals surface area (Å²) in [6.45, 7) is -0.0853. The van der Waals surface area contributed by atoms with E-state index in [1.54, 1.807) is 12.1 Å². The van der Waals surface area contributed by atoms with Crippen LogP contribution >= 0.6 is 23.2 Å². The summed E-state index contributed by atoms with van der Waals surface area (Å²) in [7, 11) is 0. The summed E-state index contributed by atoms with van der Waals surface area (Å²) >= 11 is 12.1. The minimum atomic E-state index is -0.841. The molecule has 8 heteroatoms. The highest BCUT2D eigenvalue weighted by Gasteiger charge is 2.22. The molecular formula is C24H20Cl2N2O4. The molecule has 0 aliphatic carbocycles. The molecule has 5 N–H and O–H groups in total. The zero-order valence-corrected chi connectivity index (χ0v) is 18.3. The van der Waals surface area contributed by atoms with Crippen LogP contribution in [0.4, 0.5) is 11.4 Å². The molecule has 4 aromatic rings. The van der Waals surface area contributed by atoms with Crippen molar-refractivity contribution in [2.24, 2.45) is 0 Å². The highest BCUT2D eigenvalue weighted by molar-refractivity contribution is 6.37. The molecule has 0 aliphatic rings. The Morgan fingerprint density at radius 1 is 1.06 bits per heavy atom. The summed E-state index contributed by atoms with van der Waals surface area (Å²) in [5, 5.41) is 22.8. The van der Waals surface area contributed by atoms with Gasteiger partial charge in [-0.3, -0.25) is 4.79 Å². The van der Waals surface area contributed by atoms with Crippen molar-refractivity contribution in [1.29, 1.82) is 0 Å². The second-order valence-corrected chi connectivity index (χ2v) is 8.15. The number of ketones is 1. The van der Waals surface area contributed by atoms with Crippen LogP contribution < -0.4 is 11.1 Å². The average Bonchev–Trinajstić information content (AvgIpc) is 3.13. The maximum atomic E-state index is 13.0. The third kappa shape index (κ3) is 4.45. The number of fused-ring (bicyclic) bond motifs is 1. The van der Waals surface area contributed by atoms with Gasteiger partial charge in [0.25, 0.3) is 0 Å². The smallest absolute Gasteiger partial charge is 0.231 e. The molecule has 0 saturated heterocycles. The number of nitrogens with one attached hydrogen (secondary N) is 1. The van der Waals surface area contributed by atoms with E-state index in [1.807, 2.05) is 36.4 Å². The fourth-order valence-electron chi connectivity index (χ4n) is 3.37. The first kappa shape index (κ1) is 22.2. The molecule has 164 valence electrons. The molecule has 0 radical (unpaired) electrons. The molecule has 0 bridgehead atoms. The van der Waals surface area contributed by atoms with Crippen LogP contribution in [0.1, 0.15) is 16.1 Å². The van der Waals surface area contributed by atoms with Crippen molar-refractivity contribution >= 4 is 51.3 Å². The number of carbonyl (C=O) groups excluding carboxylic acids is 1. The van der Waals surface area contributed by atoms with Gasteiger partial charge in [0.1, 0.15) is 5.58 Å². The number of anilines is 2. The Hall–Kier alpha value is -3.03. The minimum Gasteiger partial charge on any atom is -0.450 e. The number of hydrogen-bond acceptors (Lipinski definition) is 6. The lowest BCUT2D eigenvalue weighted by Gasteiger charge is -2.11. The molecule has 0 fully saturated rings. The van der Waals surface area contributed by atoms with Crippen LogP contribution in [0.5, 0.6) is 0 Å². The van der Waals surface area contributed by atoms with E-state index in [2.05, 4.69) is 5.32 Å². The average molecular weight is 471 g/mol. The second-order valence-electron chi connectivity index (χ2n) is 7.31. The Morgan fingerprint density at radius 3 is 2.59 bits per heavy atom. The lowest BCUT2D eigenvalue weighted by molar-refractivity contribution is 0.101. The van der Waals surface area contributed by atoms with E-state index in [4.69, 9.17) is 38.5 Å². The molecule has 32 heavy (non-hydrogen) atoms. The van der Waals surface area contributed by atoms with Gasteiger partial charge < -0.3 is 25.7 Å². The lowest BCUT2D eigenvalue weighted by atomic mass is 10.0. The SMILES string of the molecule is Nc1c(C(=O)c2ccc(Cl)cc2Cl)oc2cc(-c3cccc(NC[C@@H](O)CO)c3)ccc12. The van der Waals surface area contributed by atoms with Crippen LogP contribution in [-0.2, 0) is 0 Å². The zero-order valence-electron chi connectivity index (χ0n) is 16.8. The summed E-state index contributed by atoms with van der Waals surface area (Å²) in [5.41, 5.74) is 9.75. The summed E-state index contributed by atoms with van der Waals surface area (Å²) in [6.07, 6.45) is -0.841. The van der Waals surface area contributed by atoms with Crippen molar-refractivity contribution in [2.45, 2.75) is 6.10 Å². The zero-order chi connectivity index (χ0) is 22.8. The Labute approximate surface area is 194 Å². The number of benzene rings is 3. The second kappa shape index (κ2) is 9.22. The van der Waals surface area contributed by atoms with E-state index in [9.17, 15) is 9.90 Å². The van der Waals surface area contributed by atoms with Gasteiger partial charge >= 0.3 is 0 Å². The molecule has 1 atom stereocenters. The monoisotopic (exact) mass is 470 g/mol. The maximum absolute atomic E-state index is 13.0. The molecule has 0 spiro atoms. The summed E-state index contributed by atoms with van der Waals surface area (Å²) < 4.78 is 5.84. The van der Waals surface area contributed by atoms with Crippen molar-refractivity contribution in [2.75, 3.05) is 24.2 Å². The minimum absolute atomic E-state index is 0.0229. The first-order chi connectivity index (χ1) is 15.4. The topological polar surface area (TPSA) is 109 Å². The van der Waals surface area contributed by atoms with Crippen molar-refractivity contribution in [3.8, 4) is 11.1 Å². The molecule has 1 heterocycles. The van der Waals surface area contributed by atoms with Gasteiger partial charge in [-0.05, 0) is 53.6 Å². The van der Waals surface area contributed by atoms with Gasteiger partial charge in [-0.15, -0.1) is 0 Å². The molecule has 0 unspecified atom stereocenters. The van der Waals surface area contributed by atoms with Crippen molar-refractivity contribution < 1.29 is 19.4 Å². The predicted octanol–water partition coefficient (Wildman–Crippen LogP) is 4.98. The largest absolute Gasteiger partial charge is 0.450 e. The molecular weight excluding hydrogens is 451 g/mol. The first-order valence-corrected chi connectivity index (χ1v) is 10.6. The Morgan fingerprint density at radius 2 is 1.84 bits per heavy atom. The standard InChI is InChI=1S/C24H20Cl2N2O4/c25-15-5-7-18(20(26)10-15)23(31)24-22(27)19-6-4-14(9-21(19)32-24)13-2-1-3-16(8-13)28-11-17(30)12-29/h1-10,17,28-30H,11-12,27H2/t17-/m1/s1. The van der Waals surface area contributed by atoms with Crippen LogP contribution in [0.15, 0.2) is 65.1 Å². The molecule has 0 amide bonds. The number of furan rings is 1. The molecule has 6 nitrogen and oxygen atoms in total. The van der Waals surface area contributed by atoms with Gasteiger partial charge in [-0.2, -0.15) is 0 Å². The van der Waals surface area contributed by atoms with Crippen LogP contribution in [-0.4, -0.2) is 35.3 Å². The van der Waals surface area contributed by atoms with Crippen molar-refractivity contribution in [3.63, 3.8) is 0 Å². The quantitative estimate of drug-likeness (QED) is 0.283. The summed E-state index contributed by atoms with van der Waals surface area (Å²) in [4.78, 5) is 13.0. The van der Waals surface area contributed by atoms with Gasteiger partial charge in [0.15, 0.2) is 5.76 Å². The number of halogens is 2. The van der Waals surface area contributed by atoms with E-state index >= 15 is 0 Å². The Kier molecular flexibility index (Phi) is 6.39. The highest BCUT2D eigenvalue weighted by Crippen LogP contribution is 2.35. The van der Waals surface area contributed by atoms with Crippen molar-refractivity contribution in [3.05, 3.63) is 82.0 Å². The van der Waals surface area contributed by atoms with Gasteiger partial charge in [0.2, 0.25) is 5.78 Å². The van der Waals surface area contributed by atoms with E-state index < -0.39 is 11.9 Å². The summed E-state index contributed by atoms with van der Waals surface area (Å²) in [6, 6.07) is 17.7. The number of aliphatic hydroxyl groups excluding tert-OH is 2. The van der Waals surface area contributed by atoms with Gasteiger partial charge in [-0.1, -0.05) is 41.4 Å². The molecule has 0 aliphatic heterocycles. The third-order valence-electron chi connectivity index (χ3n) is 5.06. The van der Waals surface area contributed by atoms with E-state index in [-0.39, 0.29) is 35.2 Å². The van der Waals surface area contributed by atoms with Gasteiger partial charge in [0.05, 0.1) is 23.4 Å². The summed E-state index contributed by atoms with van der Waals surface area (Å²) in [5.74, 6) is -0.398. The van der Waals surface area contributed by atoms with Crippen LogP contribution in [0.25, 0.3) is 22.1 Å². The number of rotatable bonds is 7. The number of nitrogens with two attached hydrogens (primary N) is 1. The number of nitrogen functional groups attached to an aromatic ring is 1. The van der Waals surface area contributed by atoms with Crippen LogP contribution in [0.3, 0.4) is 0 Å². The number of carbonyl (C=O) groups is 1. The lowest BCUT2D eigenvalue weighted by Crippen LogP contribution is -2.22. The van der Waals surface area contributed by atoms with Crippen LogP contribution in [0, 0.1) is 0 Å². The molecule has 3 aromatic carbocycles. The third-order valence-corrected chi connectivity index (χ3v) is 5.61. The van der Waals surface area contributed by atoms with Crippen LogP contribution in [0.2, 0.25) is 10.0 Å². The number of aliphatic hydroxyl groups is 2.